The zero-order chi connectivity index (χ0) is 10.7. The van der Waals surface area contributed by atoms with E-state index in [1.54, 1.807) is 24.3 Å². The van der Waals surface area contributed by atoms with Gasteiger partial charge >= 0.3 is 10.4 Å². The van der Waals surface area contributed by atoms with Crippen LogP contribution in [0.1, 0.15) is 0 Å². The summed E-state index contributed by atoms with van der Waals surface area (Å²) < 4.78 is 33.7. The van der Waals surface area contributed by atoms with Crippen molar-refractivity contribution >= 4 is 10.4 Å². The summed E-state index contributed by atoms with van der Waals surface area (Å²) in [5, 5.41) is 0. The predicted octanol–water partition coefficient (Wildman–Crippen LogP) is 0.0918. The van der Waals surface area contributed by atoms with E-state index in [9.17, 15) is 8.42 Å². The van der Waals surface area contributed by atoms with Crippen molar-refractivity contribution in [1.82, 2.24) is 9.46 Å². The first-order chi connectivity index (χ1) is 7.16. The average Bonchev–Trinajstić information content (AvgIpc) is 2.75. The molecule has 6 nitrogen and oxygen atoms in total. The van der Waals surface area contributed by atoms with E-state index >= 15 is 0 Å². The van der Waals surface area contributed by atoms with Crippen molar-refractivity contribution in [3.63, 3.8) is 0 Å². The first-order valence-electron chi connectivity index (χ1n) is 4.06. The van der Waals surface area contributed by atoms with E-state index in [0.29, 0.717) is 0 Å². The summed E-state index contributed by atoms with van der Waals surface area (Å²) in [6, 6.07) is 6.52. The first kappa shape index (κ1) is 9.66. The van der Waals surface area contributed by atoms with E-state index in [-0.39, 0.29) is 0 Å². The van der Waals surface area contributed by atoms with Crippen molar-refractivity contribution in [2.24, 2.45) is 0 Å². The van der Waals surface area contributed by atoms with Gasteiger partial charge in [0.1, 0.15) is 0 Å². The minimum atomic E-state index is -4.10. The summed E-state index contributed by atoms with van der Waals surface area (Å²) in [4.78, 5) is 0. The molecule has 0 fully saturated rings. The molecule has 0 aliphatic rings. The molecule has 0 N–H and O–H groups in total. The molecule has 2 aromatic rings. The van der Waals surface area contributed by atoms with Crippen LogP contribution in [-0.2, 0) is 10.4 Å². The van der Waals surface area contributed by atoms with Crippen molar-refractivity contribution in [1.29, 1.82) is 0 Å². The Labute approximate surface area is 86.5 Å². The molecule has 0 spiro atoms. The van der Waals surface area contributed by atoms with Crippen molar-refractivity contribution in [3.05, 3.63) is 49.1 Å². The van der Waals surface area contributed by atoms with Crippen LogP contribution in [0.25, 0.3) is 0 Å². The number of hydrogen-bond donors (Lipinski definition) is 0. The molecule has 0 atom stereocenters. The van der Waals surface area contributed by atoms with Gasteiger partial charge in [0.25, 0.3) is 0 Å². The Hall–Kier alpha value is -1.89. The lowest BCUT2D eigenvalue weighted by atomic mass is 10.7. The summed E-state index contributed by atoms with van der Waals surface area (Å²) in [6.45, 7) is 0. The highest BCUT2D eigenvalue weighted by molar-refractivity contribution is 7.82. The quantitative estimate of drug-likeness (QED) is 0.744. The molecule has 0 aliphatic heterocycles. The molecule has 0 aromatic carbocycles. The smallest absolute Gasteiger partial charge is 0.256 e. The molecule has 80 valence electrons. The van der Waals surface area contributed by atoms with E-state index in [4.69, 9.17) is 0 Å². The summed E-state index contributed by atoms with van der Waals surface area (Å²) in [5.74, 6) is 0. The first-order valence-corrected chi connectivity index (χ1v) is 5.40. The molecule has 0 saturated carbocycles. The average molecular weight is 228 g/mol. The van der Waals surface area contributed by atoms with Gasteiger partial charge in [0.2, 0.25) is 0 Å². The molecule has 0 radical (unpaired) electrons. The summed E-state index contributed by atoms with van der Waals surface area (Å²) in [7, 11) is -4.10. The maximum Gasteiger partial charge on any atom is 0.539 e. The van der Waals surface area contributed by atoms with Gasteiger partial charge in [-0.05, 0) is 24.3 Å². The van der Waals surface area contributed by atoms with Gasteiger partial charge in [-0.15, -0.1) is 8.42 Å². The molecule has 2 aromatic heterocycles. The summed E-state index contributed by atoms with van der Waals surface area (Å²) >= 11 is 0. The van der Waals surface area contributed by atoms with Crippen molar-refractivity contribution in [2.45, 2.75) is 0 Å². The standard InChI is InChI=1S/C8H8N2O4S/c11-15(12,13-9-5-1-2-6-9)14-10-7-3-4-8-10/h1-8H. The van der Waals surface area contributed by atoms with Crippen molar-refractivity contribution in [3.8, 4) is 0 Å². The normalized spacial score (nSPS) is 11.2. The minimum absolute atomic E-state index is 1.03. The van der Waals surface area contributed by atoms with Crippen LogP contribution in [0.4, 0.5) is 0 Å². The predicted molar refractivity (Wildman–Crippen MR) is 50.9 cm³/mol. The second-order valence-electron chi connectivity index (χ2n) is 2.64. The fraction of sp³-hybridized carbons (Fsp3) is 0. The Morgan fingerprint density at radius 3 is 1.40 bits per heavy atom. The molecular formula is C8H8N2O4S. The van der Waals surface area contributed by atoms with Crippen LogP contribution in [0.2, 0.25) is 0 Å². The minimum Gasteiger partial charge on any atom is -0.256 e. The van der Waals surface area contributed by atoms with Gasteiger partial charge in [0.15, 0.2) is 0 Å². The van der Waals surface area contributed by atoms with Gasteiger partial charge in [0, 0.05) is 24.8 Å². The van der Waals surface area contributed by atoms with Crippen molar-refractivity contribution < 1.29 is 17.0 Å². The second kappa shape index (κ2) is 3.70. The fourth-order valence-electron chi connectivity index (χ4n) is 0.961. The van der Waals surface area contributed by atoms with E-state index in [0.717, 1.165) is 9.46 Å². The molecule has 0 bridgehead atoms. The summed E-state index contributed by atoms with van der Waals surface area (Å²) in [5.41, 5.74) is 0. The highest BCUT2D eigenvalue weighted by Gasteiger charge is 2.15. The lowest BCUT2D eigenvalue weighted by Gasteiger charge is -2.06. The maximum absolute atomic E-state index is 11.3. The zero-order valence-electron chi connectivity index (χ0n) is 7.55. The Balaban J connectivity index is 2.08. The zero-order valence-corrected chi connectivity index (χ0v) is 8.37. The molecule has 0 unspecified atom stereocenters. The van der Waals surface area contributed by atoms with Crippen LogP contribution in [0.5, 0.6) is 0 Å². The third-order valence-electron chi connectivity index (χ3n) is 1.51. The molecule has 0 saturated heterocycles. The highest BCUT2D eigenvalue weighted by atomic mass is 32.3. The molecule has 7 heteroatoms. The van der Waals surface area contributed by atoms with E-state index < -0.39 is 10.4 Å². The van der Waals surface area contributed by atoms with Gasteiger partial charge in [-0.25, -0.2) is 0 Å². The van der Waals surface area contributed by atoms with E-state index in [2.05, 4.69) is 8.57 Å². The molecule has 2 rings (SSSR count). The lowest BCUT2D eigenvalue weighted by molar-refractivity contribution is 0.185. The summed E-state index contributed by atoms with van der Waals surface area (Å²) in [6.07, 6.45) is 5.76. The number of hydrogen-bond acceptors (Lipinski definition) is 4. The molecular weight excluding hydrogens is 220 g/mol. The van der Waals surface area contributed by atoms with Crippen LogP contribution >= 0.6 is 0 Å². The maximum atomic E-state index is 11.3. The molecule has 0 aliphatic carbocycles. The van der Waals surface area contributed by atoms with Crippen LogP contribution in [-0.4, -0.2) is 17.9 Å². The Morgan fingerprint density at radius 2 is 1.07 bits per heavy atom. The Bertz CT molecular complexity index is 459. The second-order valence-corrected chi connectivity index (χ2v) is 3.76. The van der Waals surface area contributed by atoms with E-state index in [1.807, 2.05) is 0 Å². The largest absolute Gasteiger partial charge is 0.539 e. The van der Waals surface area contributed by atoms with Gasteiger partial charge in [-0.1, -0.05) is 0 Å². The van der Waals surface area contributed by atoms with Crippen LogP contribution in [0, 0.1) is 0 Å². The molecule has 2 heterocycles. The van der Waals surface area contributed by atoms with Gasteiger partial charge < -0.3 is 0 Å². The fourth-order valence-corrected chi connectivity index (χ4v) is 1.61. The van der Waals surface area contributed by atoms with Gasteiger partial charge in [-0.2, -0.15) is 9.46 Å². The van der Waals surface area contributed by atoms with Crippen LogP contribution in [0.3, 0.4) is 0 Å². The lowest BCUT2D eigenvalue weighted by Crippen LogP contribution is -2.28. The topological polar surface area (TPSA) is 62.5 Å². The Morgan fingerprint density at radius 1 is 0.733 bits per heavy atom. The number of nitrogens with zero attached hydrogens (tertiary/aromatic N) is 2. The SMILES string of the molecule is O=S(=O)(On1cccc1)On1cccc1. The molecule has 0 amide bonds. The monoisotopic (exact) mass is 228 g/mol. The molecule has 15 heavy (non-hydrogen) atoms. The van der Waals surface area contributed by atoms with Crippen LogP contribution in [0.15, 0.2) is 49.1 Å². The highest BCUT2D eigenvalue weighted by Crippen LogP contribution is 1.94. The van der Waals surface area contributed by atoms with Gasteiger partial charge in [-0.3, -0.25) is 8.57 Å². The third-order valence-corrected chi connectivity index (χ3v) is 2.22. The van der Waals surface area contributed by atoms with Crippen LogP contribution < -0.4 is 8.57 Å². The Kier molecular flexibility index (Phi) is 2.38. The number of rotatable bonds is 4. The van der Waals surface area contributed by atoms with Gasteiger partial charge in [0.05, 0.1) is 0 Å². The number of aromatic nitrogens is 2. The van der Waals surface area contributed by atoms with E-state index in [1.165, 1.54) is 24.8 Å². The third kappa shape index (κ3) is 2.53. The van der Waals surface area contributed by atoms with Crippen molar-refractivity contribution in [2.75, 3.05) is 0 Å².